The van der Waals surface area contributed by atoms with Crippen molar-refractivity contribution in [2.24, 2.45) is 4.99 Å². The number of thiazole rings is 1. The summed E-state index contributed by atoms with van der Waals surface area (Å²) < 4.78 is 0. The smallest absolute Gasteiger partial charge is 0.0953 e. The minimum absolute atomic E-state index is 0. The van der Waals surface area contributed by atoms with Crippen LogP contribution < -0.4 is 0 Å². The molecule has 93 valence electrons. The van der Waals surface area contributed by atoms with Crippen LogP contribution >= 0.6 is 23.1 Å². The number of aryl methyl sites for hydroxylation is 1. The molecule has 1 radical (unpaired) electrons. The second kappa shape index (κ2) is 12.9. The Labute approximate surface area is 138 Å². The van der Waals surface area contributed by atoms with Gasteiger partial charge in [0.15, 0.2) is 0 Å². The molecule has 0 fully saturated rings. The van der Waals surface area contributed by atoms with Crippen molar-refractivity contribution in [1.29, 1.82) is 0 Å². The van der Waals surface area contributed by atoms with Gasteiger partial charge in [-0.15, -0.1) is 11.3 Å². The van der Waals surface area contributed by atoms with Crippen LogP contribution in [0, 0.1) is 6.26 Å². The van der Waals surface area contributed by atoms with Gasteiger partial charge in [0.1, 0.15) is 0 Å². The van der Waals surface area contributed by atoms with Gasteiger partial charge in [-0.2, -0.15) is 0 Å². The molecule has 0 aliphatic heterocycles. The molecule has 0 aliphatic rings. The van der Waals surface area contributed by atoms with Crippen molar-refractivity contribution >= 4 is 29.8 Å². The molecule has 0 aliphatic carbocycles. The molecule has 17 heavy (non-hydrogen) atoms. The van der Waals surface area contributed by atoms with Crippen molar-refractivity contribution in [3.8, 4) is 0 Å². The van der Waals surface area contributed by atoms with Crippen LogP contribution in [0.4, 0.5) is 0 Å². The predicted octanol–water partition coefficient (Wildman–Crippen LogP) is 4.51. The Kier molecular flexibility index (Phi) is 15.1. The van der Waals surface area contributed by atoms with E-state index in [1.165, 1.54) is 22.5 Å². The molecule has 1 heterocycles. The first-order valence-electron chi connectivity index (χ1n) is 5.11. The third kappa shape index (κ3) is 10.1. The van der Waals surface area contributed by atoms with Gasteiger partial charge in [-0.3, -0.25) is 11.2 Å². The maximum Gasteiger partial charge on any atom is 0.0953 e. The molecule has 0 saturated heterocycles. The van der Waals surface area contributed by atoms with E-state index < -0.39 is 0 Å². The summed E-state index contributed by atoms with van der Waals surface area (Å²) in [6, 6.07) is 0. The molecule has 0 atom stereocenters. The normalized spacial score (nSPS) is 9.71. The van der Waals surface area contributed by atoms with Crippen LogP contribution in [0.1, 0.15) is 37.4 Å². The Hall–Kier alpha value is 0.494. The molecule has 2 nitrogen and oxygen atoms in total. The van der Waals surface area contributed by atoms with Crippen molar-refractivity contribution < 1.29 is 32.7 Å². The van der Waals surface area contributed by atoms with Crippen LogP contribution in [0.3, 0.4) is 0 Å². The first-order chi connectivity index (χ1) is 7.65. The van der Waals surface area contributed by atoms with E-state index in [-0.39, 0.29) is 32.7 Å². The molecule has 0 saturated carbocycles. The minimum Gasteiger partial charge on any atom is -0.325 e. The molecule has 0 unspecified atom stereocenters. The zero-order valence-corrected chi connectivity index (χ0v) is 15.2. The molecular formula is C12H19N2S2Y-. The standard InChI is InChI=1S/C8H13NS.C4H6NS.Y/c1-4-7-5-10-8(9-7)6(2)3;1-5-3-4-6-2;/h5-6H,4H2,1-3H3;3-4H,1-2H2;/q;-1;/b;4-3-;. The quantitative estimate of drug-likeness (QED) is 0.593. The van der Waals surface area contributed by atoms with E-state index in [1.54, 1.807) is 22.9 Å². The third-order valence-electron chi connectivity index (χ3n) is 1.69. The number of hydrogen-bond acceptors (Lipinski definition) is 4. The van der Waals surface area contributed by atoms with Gasteiger partial charge in [0.05, 0.1) is 10.7 Å². The van der Waals surface area contributed by atoms with Crippen molar-refractivity contribution in [2.45, 2.75) is 33.1 Å². The van der Waals surface area contributed by atoms with E-state index in [9.17, 15) is 0 Å². The molecule has 0 N–H and O–H groups in total. The fourth-order valence-electron chi connectivity index (χ4n) is 0.836. The zero-order chi connectivity index (χ0) is 12.4. The molecular weight excluding hydrogens is 325 g/mol. The maximum absolute atomic E-state index is 4.45. The summed E-state index contributed by atoms with van der Waals surface area (Å²) in [5.41, 5.74) is 1.23. The summed E-state index contributed by atoms with van der Waals surface area (Å²) >= 11 is 3.13. The van der Waals surface area contributed by atoms with Crippen LogP contribution in [-0.2, 0) is 39.1 Å². The van der Waals surface area contributed by atoms with Gasteiger partial charge in [-0.05, 0) is 18.5 Å². The van der Waals surface area contributed by atoms with E-state index in [2.05, 4.69) is 49.1 Å². The SMILES string of the molecule is C=N/C=C\S[CH2-].CCc1csc(C(C)C)n1.[Y]. The number of aromatic nitrogens is 1. The Morgan fingerprint density at radius 2 is 2.29 bits per heavy atom. The van der Waals surface area contributed by atoms with E-state index in [0.717, 1.165) is 6.42 Å². The predicted molar refractivity (Wildman–Crippen MR) is 77.2 cm³/mol. The first kappa shape index (κ1) is 19.8. The van der Waals surface area contributed by atoms with Gasteiger partial charge < -0.3 is 11.8 Å². The van der Waals surface area contributed by atoms with Gasteiger partial charge in [-0.1, -0.05) is 20.8 Å². The van der Waals surface area contributed by atoms with Crippen molar-refractivity contribution in [3.63, 3.8) is 0 Å². The summed E-state index contributed by atoms with van der Waals surface area (Å²) in [6.07, 6.45) is 6.12. The maximum atomic E-state index is 4.45. The second-order valence-electron chi connectivity index (χ2n) is 3.32. The Bertz CT molecular complexity index is 322. The van der Waals surface area contributed by atoms with Crippen LogP contribution in [0.25, 0.3) is 0 Å². The van der Waals surface area contributed by atoms with Crippen molar-refractivity contribution in [3.05, 3.63) is 33.9 Å². The van der Waals surface area contributed by atoms with Gasteiger partial charge >= 0.3 is 0 Å². The number of thioether (sulfide) groups is 1. The summed E-state index contributed by atoms with van der Waals surface area (Å²) in [4.78, 5) is 7.88. The van der Waals surface area contributed by atoms with Crippen molar-refractivity contribution in [2.75, 3.05) is 0 Å². The Morgan fingerprint density at radius 1 is 1.65 bits per heavy atom. The van der Waals surface area contributed by atoms with E-state index >= 15 is 0 Å². The molecule has 0 aromatic carbocycles. The second-order valence-corrected chi connectivity index (χ2v) is 4.81. The molecule has 5 heteroatoms. The summed E-state index contributed by atoms with van der Waals surface area (Å²) in [5.74, 6) is 0.588. The van der Waals surface area contributed by atoms with Crippen LogP contribution in [0.5, 0.6) is 0 Å². The van der Waals surface area contributed by atoms with Gasteiger partial charge in [0.2, 0.25) is 0 Å². The molecule has 1 aromatic rings. The van der Waals surface area contributed by atoms with Gasteiger partial charge in [-0.25, -0.2) is 4.98 Å². The average molecular weight is 344 g/mol. The fourth-order valence-corrected chi connectivity index (χ4v) is 1.93. The van der Waals surface area contributed by atoms with Gasteiger partial charge in [0.25, 0.3) is 0 Å². The Morgan fingerprint density at radius 3 is 2.53 bits per heavy atom. The Balaban J connectivity index is 0. The first-order valence-corrected chi connectivity index (χ1v) is 7.04. The fraction of sp³-hybridized carbons (Fsp3) is 0.417. The summed E-state index contributed by atoms with van der Waals surface area (Å²) in [7, 11) is 0. The molecule has 0 bridgehead atoms. The average Bonchev–Trinajstić information content (AvgIpc) is 2.76. The van der Waals surface area contributed by atoms with Crippen molar-refractivity contribution in [1.82, 2.24) is 4.98 Å². The zero-order valence-electron chi connectivity index (χ0n) is 10.7. The minimum atomic E-state index is 0. The summed E-state index contributed by atoms with van der Waals surface area (Å²) in [6.45, 7) is 9.72. The topological polar surface area (TPSA) is 25.2 Å². The van der Waals surface area contributed by atoms with Crippen LogP contribution in [0.15, 0.2) is 22.0 Å². The third-order valence-corrected chi connectivity index (χ3v) is 3.20. The molecule has 0 amide bonds. The van der Waals surface area contributed by atoms with E-state index in [0.29, 0.717) is 5.92 Å². The van der Waals surface area contributed by atoms with E-state index in [1.807, 2.05) is 0 Å². The number of rotatable bonds is 4. The van der Waals surface area contributed by atoms with Gasteiger partial charge in [0, 0.05) is 50.2 Å². The molecule has 1 rings (SSSR count). The molecule has 0 spiro atoms. The van der Waals surface area contributed by atoms with E-state index in [4.69, 9.17) is 0 Å². The van der Waals surface area contributed by atoms with Crippen LogP contribution in [0.2, 0.25) is 0 Å². The number of nitrogens with zero attached hydrogens (tertiary/aromatic N) is 2. The number of aliphatic imine (C=N–C) groups is 1. The monoisotopic (exact) mass is 344 g/mol. The largest absolute Gasteiger partial charge is 0.325 e. The number of hydrogen-bond donors (Lipinski definition) is 0. The van der Waals surface area contributed by atoms with Crippen LogP contribution in [-0.4, -0.2) is 11.7 Å². The summed E-state index contributed by atoms with van der Waals surface area (Å²) in [5, 5.41) is 5.17. The molecule has 1 aromatic heterocycles.